The number of thiazole rings is 1. The molecule has 0 aliphatic carbocycles. The Bertz CT molecular complexity index is 1820. The van der Waals surface area contributed by atoms with Gasteiger partial charge in [-0.05, 0) is 76.1 Å². The molecule has 1 aromatic heterocycles. The van der Waals surface area contributed by atoms with E-state index in [1.54, 1.807) is 49.4 Å². The monoisotopic (exact) mass is 638 g/mol. The third-order valence-electron chi connectivity index (χ3n) is 6.78. The van der Waals surface area contributed by atoms with Crippen LogP contribution >= 0.6 is 11.3 Å². The fourth-order valence-electron chi connectivity index (χ4n) is 4.99. The van der Waals surface area contributed by atoms with Crippen LogP contribution in [0.4, 0.5) is 0 Å². The van der Waals surface area contributed by atoms with E-state index in [1.165, 1.54) is 21.3 Å². The molecule has 240 valence electrons. The fourth-order valence-corrected chi connectivity index (χ4v) is 6.15. The zero-order chi connectivity index (χ0) is 33.0. The van der Waals surface area contributed by atoms with Gasteiger partial charge in [-0.2, -0.15) is 0 Å². The van der Waals surface area contributed by atoms with Crippen LogP contribution in [0.1, 0.15) is 51.7 Å². The first-order valence-electron chi connectivity index (χ1n) is 14.4. The molecule has 2 heterocycles. The number of hydrogen-bond donors (Lipinski definition) is 1. The average Bonchev–Trinajstić information content (AvgIpc) is 3.32. The molecule has 12 heteroatoms. The standard InChI is InChI=1S/C33H38N2O9S/c1-9-42-33(38)28-26(20-11-13-22(44-18(4)5)24(16-20)40-7)27(32(37)41-8)29(34)35-30(36)25(45-31(28)35)15-19-10-12-21(43-17(2)3)23(14-19)39-6/h10-18,26H,9,34H2,1-8H3. The van der Waals surface area contributed by atoms with Crippen molar-refractivity contribution in [2.75, 3.05) is 27.9 Å². The van der Waals surface area contributed by atoms with Crippen molar-refractivity contribution in [3.8, 4) is 23.0 Å². The lowest BCUT2D eigenvalue weighted by molar-refractivity contribution is -0.136. The molecule has 0 radical (unpaired) electrons. The Morgan fingerprint density at radius 1 is 0.889 bits per heavy atom. The molecule has 0 saturated carbocycles. The average molecular weight is 639 g/mol. The Morgan fingerprint density at radius 3 is 2.04 bits per heavy atom. The number of esters is 2. The molecule has 0 bridgehead atoms. The van der Waals surface area contributed by atoms with Gasteiger partial charge in [-0.1, -0.05) is 12.1 Å². The molecule has 1 aliphatic rings. The lowest BCUT2D eigenvalue weighted by atomic mass is 9.83. The lowest BCUT2D eigenvalue weighted by Crippen LogP contribution is -2.41. The molecule has 45 heavy (non-hydrogen) atoms. The van der Waals surface area contributed by atoms with Crippen LogP contribution in [-0.4, -0.2) is 56.6 Å². The number of ether oxygens (including phenoxy) is 6. The minimum atomic E-state index is -1.04. The molecule has 11 nitrogen and oxygen atoms in total. The summed E-state index contributed by atoms with van der Waals surface area (Å²) in [6.07, 6.45) is 1.46. The summed E-state index contributed by atoms with van der Waals surface area (Å²) in [6, 6.07) is 10.4. The first-order chi connectivity index (χ1) is 21.4. The highest BCUT2D eigenvalue weighted by molar-refractivity contribution is 7.07. The van der Waals surface area contributed by atoms with Gasteiger partial charge in [-0.3, -0.25) is 9.36 Å². The van der Waals surface area contributed by atoms with Gasteiger partial charge in [0, 0.05) is 0 Å². The van der Waals surface area contributed by atoms with Gasteiger partial charge in [0.25, 0.3) is 5.56 Å². The van der Waals surface area contributed by atoms with E-state index in [0.717, 1.165) is 15.9 Å². The van der Waals surface area contributed by atoms with Crippen LogP contribution in [0.5, 0.6) is 23.0 Å². The molecule has 0 saturated heterocycles. The topological polar surface area (TPSA) is 138 Å². The molecule has 2 aromatic carbocycles. The molecule has 1 unspecified atom stereocenters. The number of nitrogens with zero attached hydrogens (tertiary/aromatic N) is 1. The molecule has 3 aromatic rings. The van der Waals surface area contributed by atoms with Gasteiger partial charge in [-0.25, -0.2) is 9.59 Å². The molecule has 0 fully saturated rings. The van der Waals surface area contributed by atoms with Gasteiger partial charge in [0.05, 0.1) is 61.7 Å². The Labute approximate surface area is 265 Å². The number of rotatable bonds is 11. The molecule has 4 rings (SSSR count). The molecule has 1 atom stereocenters. The predicted molar refractivity (Wildman–Crippen MR) is 171 cm³/mol. The Kier molecular flexibility index (Phi) is 10.3. The zero-order valence-corrected chi connectivity index (χ0v) is 27.4. The largest absolute Gasteiger partial charge is 0.493 e. The van der Waals surface area contributed by atoms with Gasteiger partial charge in [0.1, 0.15) is 10.5 Å². The number of carbonyl (C=O) groups excluding carboxylic acids is 2. The Balaban J connectivity index is 2.04. The van der Waals surface area contributed by atoms with Crippen molar-refractivity contribution in [3.05, 3.63) is 72.6 Å². The number of methoxy groups -OCH3 is 3. The Hall–Kier alpha value is -4.71. The second-order valence-corrected chi connectivity index (χ2v) is 11.6. The first kappa shape index (κ1) is 33.2. The molecular weight excluding hydrogens is 600 g/mol. The van der Waals surface area contributed by atoms with Gasteiger partial charge in [-0.15, -0.1) is 11.3 Å². The van der Waals surface area contributed by atoms with Crippen LogP contribution in [0.15, 0.2) is 46.8 Å². The predicted octanol–water partition coefficient (Wildman–Crippen LogP) is 3.14. The fraction of sp³-hybridized carbons (Fsp3) is 0.364. The summed E-state index contributed by atoms with van der Waals surface area (Å²) < 4.78 is 35.0. The summed E-state index contributed by atoms with van der Waals surface area (Å²) in [6.45, 7) is 9.32. The second kappa shape index (κ2) is 13.9. The molecule has 2 N–H and O–H groups in total. The number of nitrogens with two attached hydrogens (primary N) is 1. The van der Waals surface area contributed by atoms with Gasteiger partial charge >= 0.3 is 11.9 Å². The van der Waals surface area contributed by atoms with Gasteiger partial charge < -0.3 is 34.2 Å². The SMILES string of the molecule is CCOC(=O)C1=c2sc(=Cc3ccc(OC(C)C)c(OC)c3)c(=O)n2C(N)=C(C(=O)OC)C1c1ccc(OC(C)C)c(OC)c1. The van der Waals surface area contributed by atoms with Crippen molar-refractivity contribution in [2.45, 2.75) is 52.7 Å². The second-order valence-electron chi connectivity index (χ2n) is 10.6. The maximum atomic E-state index is 13.9. The van der Waals surface area contributed by atoms with E-state index < -0.39 is 23.4 Å². The van der Waals surface area contributed by atoms with Crippen molar-refractivity contribution in [1.82, 2.24) is 4.57 Å². The van der Waals surface area contributed by atoms with Gasteiger partial charge in [0.2, 0.25) is 0 Å². The summed E-state index contributed by atoms with van der Waals surface area (Å²) in [4.78, 5) is 40.9. The number of carbonyl (C=O) groups is 2. The lowest BCUT2D eigenvalue weighted by Gasteiger charge is -2.27. The smallest absolute Gasteiger partial charge is 0.338 e. The highest BCUT2D eigenvalue weighted by atomic mass is 32.1. The summed E-state index contributed by atoms with van der Waals surface area (Å²) >= 11 is 1.06. The van der Waals surface area contributed by atoms with Crippen molar-refractivity contribution >= 4 is 40.7 Å². The summed E-state index contributed by atoms with van der Waals surface area (Å²) in [5.74, 6) is -0.809. The Morgan fingerprint density at radius 2 is 1.49 bits per heavy atom. The maximum Gasteiger partial charge on any atom is 0.338 e. The van der Waals surface area contributed by atoms with Crippen LogP contribution in [0.3, 0.4) is 0 Å². The van der Waals surface area contributed by atoms with Crippen LogP contribution in [0.25, 0.3) is 17.5 Å². The van der Waals surface area contributed by atoms with E-state index in [1.807, 2.05) is 27.7 Å². The quantitative estimate of drug-likeness (QED) is 0.312. The van der Waals surface area contributed by atoms with E-state index in [9.17, 15) is 14.4 Å². The maximum absolute atomic E-state index is 13.9. The van der Waals surface area contributed by atoms with E-state index in [-0.39, 0.29) is 45.0 Å². The van der Waals surface area contributed by atoms with Crippen LogP contribution in [0.2, 0.25) is 0 Å². The molecule has 1 aliphatic heterocycles. The minimum absolute atomic E-state index is 0.0610. The van der Waals surface area contributed by atoms with Crippen molar-refractivity contribution in [2.24, 2.45) is 5.73 Å². The van der Waals surface area contributed by atoms with Crippen LogP contribution in [0, 0.1) is 0 Å². The van der Waals surface area contributed by atoms with E-state index in [0.29, 0.717) is 34.1 Å². The normalized spacial score (nSPS) is 14.8. The molecular formula is C33H38N2O9S. The number of aromatic nitrogens is 1. The highest BCUT2D eigenvalue weighted by Crippen LogP contribution is 2.41. The van der Waals surface area contributed by atoms with Crippen LogP contribution in [-0.2, 0) is 19.1 Å². The first-order valence-corrected chi connectivity index (χ1v) is 15.2. The summed E-state index contributed by atoms with van der Waals surface area (Å²) in [5.41, 5.74) is 7.18. The minimum Gasteiger partial charge on any atom is -0.493 e. The summed E-state index contributed by atoms with van der Waals surface area (Å²) in [5, 5.41) is 0. The number of benzene rings is 2. The third-order valence-corrected chi connectivity index (χ3v) is 7.89. The highest BCUT2D eigenvalue weighted by Gasteiger charge is 2.40. The summed E-state index contributed by atoms with van der Waals surface area (Å²) in [7, 11) is 4.22. The number of hydrogen-bond acceptors (Lipinski definition) is 11. The van der Waals surface area contributed by atoms with Crippen molar-refractivity contribution in [1.29, 1.82) is 0 Å². The number of fused-ring (bicyclic) bond motifs is 1. The molecule has 0 amide bonds. The zero-order valence-electron chi connectivity index (χ0n) is 26.6. The molecule has 0 spiro atoms. The van der Waals surface area contributed by atoms with Crippen molar-refractivity contribution < 1.29 is 38.0 Å². The van der Waals surface area contributed by atoms with Crippen molar-refractivity contribution in [3.63, 3.8) is 0 Å². The van der Waals surface area contributed by atoms with E-state index in [2.05, 4.69) is 0 Å². The van der Waals surface area contributed by atoms with E-state index in [4.69, 9.17) is 34.2 Å². The van der Waals surface area contributed by atoms with Gasteiger partial charge in [0.15, 0.2) is 23.0 Å². The van der Waals surface area contributed by atoms with Crippen LogP contribution < -0.4 is 39.4 Å². The van der Waals surface area contributed by atoms with E-state index >= 15 is 0 Å². The third kappa shape index (κ3) is 6.70.